The Hall–Kier alpha value is -0.520. The van der Waals surface area contributed by atoms with E-state index in [0.717, 1.165) is 0 Å². The van der Waals surface area contributed by atoms with Crippen molar-refractivity contribution in [2.75, 3.05) is 0 Å². The summed E-state index contributed by atoms with van der Waals surface area (Å²) in [5.74, 6) is 0. The van der Waals surface area contributed by atoms with Crippen LogP contribution in [0.2, 0.25) is 0 Å². The van der Waals surface area contributed by atoms with Crippen LogP contribution in [-0.4, -0.2) is 0 Å². The molecular formula is C11H18. The van der Waals surface area contributed by atoms with E-state index in [1.807, 2.05) is 0 Å². The molecule has 62 valence electrons. The van der Waals surface area contributed by atoms with Gasteiger partial charge < -0.3 is 0 Å². The van der Waals surface area contributed by atoms with Crippen molar-refractivity contribution in [2.24, 2.45) is 0 Å². The van der Waals surface area contributed by atoms with Crippen LogP contribution in [-0.2, 0) is 0 Å². The van der Waals surface area contributed by atoms with E-state index in [4.69, 9.17) is 0 Å². The quantitative estimate of drug-likeness (QED) is 0.492. The first kappa shape index (κ1) is 8.58. The van der Waals surface area contributed by atoms with Gasteiger partial charge in [-0.15, -0.1) is 0 Å². The highest BCUT2D eigenvalue weighted by Crippen LogP contribution is 2.18. The van der Waals surface area contributed by atoms with Gasteiger partial charge in [0.2, 0.25) is 0 Å². The Morgan fingerprint density at radius 1 is 1.09 bits per heavy atom. The molecule has 0 fully saturated rings. The molecule has 0 heterocycles. The van der Waals surface area contributed by atoms with Crippen molar-refractivity contribution in [3.63, 3.8) is 0 Å². The van der Waals surface area contributed by atoms with E-state index in [0.29, 0.717) is 0 Å². The minimum absolute atomic E-state index is 1.21. The Balaban J connectivity index is 2.50. The standard InChI is InChI=1S/C11H18/c1-10-7-5-3-4-6-8-11(2)9-10/h9H,1,3-8H2,2H3/b11-9-. The Kier molecular flexibility index (Phi) is 3.41. The Labute approximate surface area is 70.0 Å². The molecule has 0 N–H and O–H groups in total. The highest BCUT2D eigenvalue weighted by atomic mass is 14.0. The summed E-state index contributed by atoms with van der Waals surface area (Å²) in [6, 6.07) is 0. The third-order valence-corrected chi connectivity index (χ3v) is 2.27. The van der Waals surface area contributed by atoms with Crippen molar-refractivity contribution < 1.29 is 0 Å². The summed E-state index contributed by atoms with van der Waals surface area (Å²) in [7, 11) is 0. The predicted molar refractivity (Wildman–Crippen MR) is 50.6 cm³/mol. The van der Waals surface area contributed by atoms with Gasteiger partial charge in [0.25, 0.3) is 0 Å². The summed E-state index contributed by atoms with van der Waals surface area (Å²) < 4.78 is 0. The summed E-state index contributed by atoms with van der Waals surface area (Å²) in [6.45, 7) is 6.25. The number of allylic oxidation sites excluding steroid dienone is 3. The van der Waals surface area contributed by atoms with Gasteiger partial charge in [-0.25, -0.2) is 0 Å². The molecule has 0 radical (unpaired) electrons. The molecule has 0 amide bonds. The monoisotopic (exact) mass is 150 g/mol. The molecule has 0 bridgehead atoms. The third-order valence-electron chi connectivity index (χ3n) is 2.27. The fourth-order valence-corrected chi connectivity index (χ4v) is 1.60. The smallest absolute Gasteiger partial charge is 0.0285 e. The van der Waals surface area contributed by atoms with Crippen molar-refractivity contribution in [1.29, 1.82) is 0 Å². The molecule has 1 rings (SSSR count). The topological polar surface area (TPSA) is 0 Å². The van der Waals surface area contributed by atoms with E-state index in [1.165, 1.54) is 49.7 Å². The van der Waals surface area contributed by atoms with E-state index in [2.05, 4.69) is 19.6 Å². The van der Waals surface area contributed by atoms with Crippen LogP contribution in [0.15, 0.2) is 23.8 Å². The van der Waals surface area contributed by atoms with Crippen molar-refractivity contribution in [1.82, 2.24) is 0 Å². The van der Waals surface area contributed by atoms with Crippen molar-refractivity contribution in [3.05, 3.63) is 23.8 Å². The van der Waals surface area contributed by atoms with E-state index < -0.39 is 0 Å². The van der Waals surface area contributed by atoms with Crippen LogP contribution in [0.3, 0.4) is 0 Å². The van der Waals surface area contributed by atoms with Crippen LogP contribution >= 0.6 is 0 Å². The summed E-state index contributed by atoms with van der Waals surface area (Å²) >= 11 is 0. The lowest BCUT2D eigenvalue weighted by Gasteiger charge is -1.98. The molecule has 0 nitrogen and oxygen atoms in total. The van der Waals surface area contributed by atoms with Crippen LogP contribution in [0.1, 0.15) is 45.4 Å². The van der Waals surface area contributed by atoms with Gasteiger partial charge in [0, 0.05) is 0 Å². The second-order valence-corrected chi connectivity index (χ2v) is 3.56. The molecule has 1 aliphatic carbocycles. The number of rotatable bonds is 0. The molecule has 0 aromatic heterocycles. The van der Waals surface area contributed by atoms with Gasteiger partial charge in [0.1, 0.15) is 0 Å². The Bertz CT molecular complexity index is 163. The van der Waals surface area contributed by atoms with Gasteiger partial charge in [0.05, 0.1) is 0 Å². The first-order chi connectivity index (χ1) is 5.29. The largest absolute Gasteiger partial charge is 0.0958 e. The normalized spacial score (nSPS) is 26.3. The molecule has 0 saturated heterocycles. The molecule has 0 aliphatic heterocycles. The fourth-order valence-electron chi connectivity index (χ4n) is 1.60. The van der Waals surface area contributed by atoms with Crippen molar-refractivity contribution in [2.45, 2.75) is 45.4 Å². The molecule has 0 saturated carbocycles. The maximum Gasteiger partial charge on any atom is -0.0285 e. The second-order valence-electron chi connectivity index (χ2n) is 3.56. The van der Waals surface area contributed by atoms with Gasteiger partial charge in [0.15, 0.2) is 0 Å². The molecule has 0 heteroatoms. The lowest BCUT2D eigenvalue weighted by molar-refractivity contribution is 0.648. The minimum atomic E-state index is 1.21. The molecular weight excluding hydrogens is 132 g/mol. The van der Waals surface area contributed by atoms with Gasteiger partial charge >= 0.3 is 0 Å². The fraction of sp³-hybridized carbons (Fsp3) is 0.636. The van der Waals surface area contributed by atoms with Crippen LogP contribution in [0.25, 0.3) is 0 Å². The lowest BCUT2D eigenvalue weighted by atomic mass is 10.1. The van der Waals surface area contributed by atoms with Gasteiger partial charge in [-0.2, -0.15) is 0 Å². The van der Waals surface area contributed by atoms with Crippen LogP contribution < -0.4 is 0 Å². The minimum Gasteiger partial charge on any atom is -0.0958 e. The molecule has 0 aromatic carbocycles. The van der Waals surface area contributed by atoms with Gasteiger partial charge in [-0.1, -0.05) is 36.6 Å². The Morgan fingerprint density at radius 3 is 2.45 bits per heavy atom. The highest BCUT2D eigenvalue weighted by Gasteiger charge is 1.98. The zero-order chi connectivity index (χ0) is 8.10. The second kappa shape index (κ2) is 4.38. The van der Waals surface area contributed by atoms with Gasteiger partial charge in [-0.05, 0) is 32.6 Å². The molecule has 0 aromatic rings. The molecule has 0 spiro atoms. The van der Waals surface area contributed by atoms with Crippen LogP contribution in [0.4, 0.5) is 0 Å². The average Bonchev–Trinajstić information content (AvgIpc) is 2.02. The number of hydrogen-bond acceptors (Lipinski definition) is 0. The summed E-state index contributed by atoms with van der Waals surface area (Å²) in [6.07, 6.45) is 10.2. The molecule has 1 aliphatic rings. The van der Waals surface area contributed by atoms with Crippen molar-refractivity contribution >= 4 is 0 Å². The van der Waals surface area contributed by atoms with E-state index >= 15 is 0 Å². The predicted octanol–water partition coefficient (Wildman–Crippen LogP) is 3.84. The van der Waals surface area contributed by atoms with Crippen LogP contribution in [0.5, 0.6) is 0 Å². The van der Waals surface area contributed by atoms with E-state index in [-0.39, 0.29) is 0 Å². The molecule has 0 unspecified atom stereocenters. The summed E-state index contributed by atoms with van der Waals surface area (Å²) in [5, 5.41) is 0. The SMILES string of the molecule is C=C1/C=C(/C)CCCCCC1. The average molecular weight is 150 g/mol. The van der Waals surface area contributed by atoms with Crippen LogP contribution in [0, 0.1) is 0 Å². The molecule has 11 heavy (non-hydrogen) atoms. The maximum atomic E-state index is 4.03. The Morgan fingerprint density at radius 2 is 1.73 bits per heavy atom. The zero-order valence-electron chi connectivity index (χ0n) is 7.53. The third kappa shape index (κ3) is 3.41. The maximum absolute atomic E-state index is 4.03. The zero-order valence-corrected chi connectivity index (χ0v) is 7.53. The van der Waals surface area contributed by atoms with Gasteiger partial charge in [-0.3, -0.25) is 0 Å². The van der Waals surface area contributed by atoms with E-state index in [1.54, 1.807) is 0 Å². The summed E-state index contributed by atoms with van der Waals surface area (Å²) in [5.41, 5.74) is 2.83. The lowest BCUT2D eigenvalue weighted by Crippen LogP contribution is -1.77. The van der Waals surface area contributed by atoms with E-state index in [9.17, 15) is 0 Å². The molecule has 0 atom stereocenters. The van der Waals surface area contributed by atoms with Crippen molar-refractivity contribution in [3.8, 4) is 0 Å². The summed E-state index contributed by atoms with van der Waals surface area (Å²) in [4.78, 5) is 0. The highest BCUT2D eigenvalue weighted by molar-refractivity contribution is 5.19. The first-order valence-electron chi connectivity index (χ1n) is 4.64. The number of hydrogen-bond donors (Lipinski definition) is 0. The first-order valence-corrected chi connectivity index (χ1v) is 4.64.